The zero-order valence-electron chi connectivity index (χ0n) is 13.9. The van der Waals surface area contributed by atoms with E-state index in [-0.39, 0.29) is 18.2 Å². The average Bonchev–Trinajstić information content (AvgIpc) is 2.81. The minimum Gasteiger partial charge on any atom is -0.274 e. The number of aryl methyl sites for hydroxylation is 1. The largest absolute Gasteiger partial charge is 0.274 e. The van der Waals surface area contributed by atoms with Crippen molar-refractivity contribution >= 4 is 29.3 Å². The Kier molecular flexibility index (Phi) is 4.66. The number of aromatic nitrogens is 2. The van der Waals surface area contributed by atoms with Crippen LogP contribution in [0.25, 0.3) is 0 Å². The van der Waals surface area contributed by atoms with Gasteiger partial charge in [-0.05, 0) is 36.6 Å². The topological polar surface area (TPSA) is 63.2 Å². The Morgan fingerprint density at radius 3 is 2.50 bits per heavy atom. The number of anilines is 1. The van der Waals surface area contributed by atoms with Crippen LogP contribution in [0.1, 0.15) is 37.4 Å². The molecule has 1 aliphatic heterocycles. The first-order valence-corrected chi connectivity index (χ1v) is 8.76. The zero-order chi connectivity index (χ0) is 17.3. The van der Waals surface area contributed by atoms with E-state index in [9.17, 15) is 9.59 Å². The van der Waals surface area contributed by atoms with E-state index in [2.05, 4.69) is 23.8 Å². The summed E-state index contributed by atoms with van der Waals surface area (Å²) in [6, 6.07) is 9.40. The molecule has 0 N–H and O–H groups in total. The molecule has 6 heteroatoms. The first kappa shape index (κ1) is 16.6. The molecule has 0 aliphatic carbocycles. The van der Waals surface area contributed by atoms with Gasteiger partial charge in [0.2, 0.25) is 11.8 Å². The van der Waals surface area contributed by atoms with Crippen LogP contribution in [0.5, 0.6) is 0 Å². The van der Waals surface area contributed by atoms with Gasteiger partial charge in [-0.2, -0.15) is 0 Å². The Morgan fingerprint density at radius 2 is 1.88 bits per heavy atom. The second-order valence-electron chi connectivity index (χ2n) is 6.10. The molecule has 2 heterocycles. The fourth-order valence-electron chi connectivity index (χ4n) is 2.59. The molecule has 0 saturated carbocycles. The van der Waals surface area contributed by atoms with Crippen molar-refractivity contribution in [2.75, 3.05) is 4.90 Å². The fourth-order valence-corrected chi connectivity index (χ4v) is 3.59. The third-order valence-corrected chi connectivity index (χ3v) is 5.00. The molecule has 0 bridgehead atoms. The highest BCUT2D eigenvalue weighted by Crippen LogP contribution is 2.32. The highest BCUT2D eigenvalue weighted by Gasteiger charge is 2.40. The van der Waals surface area contributed by atoms with Gasteiger partial charge in [0.05, 0.1) is 5.69 Å². The highest BCUT2D eigenvalue weighted by molar-refractivity contribution is 8.00. The molecule has 3 rings (SSSR count). The van der Waals surface area contributed by atoms with E-state index in [1.165, 1.54) is 22.2 Å². The van der Waals surface area contributed by atoms with Crippen LogP contribution in [-0.4, -0.2) is 27.0 Å². The van der Waals surface area contributed by atoms with Crippen molar-refractivity contribution in [3.05, 3.63) is 47.8 Å². The number of amides is 2. The Labute approximate surface area is 145 Å². The van der Waals surface area contributed by atoms with E-state index < -0.39 is 5.25 Å². The molecule has 124 valence electrons. The standard InChI is InChI=1S/C18H19N3O2S/c1-11(2)13-4-6-14(7-5-13)21-16(22)10-15(17(21)23)24-18-19-9-8-12(3)20-18/h4-9,11,15H,10H2,1-3H3/t15-/m1/s1. The number of carbonyl (C=O) groups excluding carboxylic acids is 2. The number of benzene rings is 1. The Hall–Kier alpha value is -2.21. The molecule has 1 aromatic carbocycles. The molecular formula is C18H19N3O2S. The maximum Gasteiger partial charge on any atom is 0.247 e. The molecule has 0 radical (unpaired) electrons. The first-order chi connectivity index (χ1) is 11.5. The summed E-state index contributed by atoms with van der Waals surface area (Å²) in [7, 11) is 0. The lowest BCUT2D eigenvalue weighted by Gasteiger charge is -2.16. The van der Waals surface area contributed by atoms with Gasteiger partial charge in [0.25, 0.3) is 0 Å². The molecule has 24 heavy (non-hydrogen) atoms. The van der Waals surface area contributed by atoms with Gasteiger partial charge in [-0.15, -0.1) is 0 Å². The summed E-state index contributed by atoms with van der Waals surface area (Å²) in [5, 5.41) is 0.0576. The average molecular weight is 341 g/mol. The highest BCUT2D eigenvalue weighted by atomic mass is 32.2. The fraction of sp³-hybridized carbons (Fsp3) is 0.333. The van der Waals surface area contributed by atoms with Gasteiger partial charge in [-0.3, -0.25) is 9.59 Å². The number of carbonyl (C=O) groups is 2. The van der Waals surface area contributed by atoms with E-state index in [1.807, 2.05) is 31.2 Å². The normalized spacial score (nSPS) is 17.8. The minimum atomic E-state index is -0.468. The van der Waals surface area contributed by atoms with Gasteiger partial charge in [0.1, 0.15) is 5.25 Å². The Balaban J connectivity index is 1.78. The number of thioether (sulfide) groups is 1. The molecule has 1 saturated heterocycles. The summed E-state index contributed by atoms with van der Waals surface area (Å²) in [6.45, 7) is 6.08. The molecular weight excluding hydrogens is 322 g/mol. The van der Waals surface area contributed by atoms with Crippen molar-refractivity contribution in [2.45, 2.75) is 43.5 Å². The lowest BCUT2D eigenvalue weighted by molar-refractivity contribution is -0.121. The SMILES string of the molecule is Cc1ccnc(S[C@@H]2CC(=O)N(c3ccc(C(C)C)cc3)C2=O)n1. The predicted octanol–water partition coefficient (Wildman–Crippen LogP) is 3.33. The van der Waals surface area contributed by atoms with Gasteiger partial charge < -0.3 is 0 Å². The monoisotopic (exact) mass is 341 g/mol. The number of hydrogen-bond acceptors (Lipinski definition) is 5. The van der Waals surface area contributed by atoms with Gasteiger partial charge >= 0.3 is 0 Å². The van der Waals surface area contributed by atoms with E-state index in [4.69, 9.17) is 0 Å². The maximum atomic E-state index is 12.7. The van der Waals surface area contributed by atoms with E-state index in [0.717, 1.165) is 5.69 Å². The lowest BCUT2D eigenvalue weighted by Crippen LogP contribution is -2.31. The van der Waals surface area contributed by atoms with Crippen LogP contribution in [-0.2, 0) is 9.59 Å². The van der Waals surface area contributed by atoms with Crippen molar-refractivity contribution in [3.8, 4) is 0 Å². The van der Waals surface area contributed by atoms with Gasteiger partial charge in [-0.25, -0.2) is 14.9 Å². The summed E-state index contributed by atoms with van der Waals surface area (Å²) in [5.74, 6) is 0.0284. The van der Waals surface area contributed by atoms with Crippen LogP contribution in [0.2, 0.25) is 0 Å². The van der Waals surface area contributed by atoms with Crippen LogP contribution in [0, 0.1) is 6.92 Å². The van der Waals surface area contributed by atoms with Gasteiger partial charge in [0, 0.05) is 18.3 Å². The maximum absolute atomic E-state index is 12.7. The molecule has 0 spiro atoms. The second kappa shape index (κ2) is 6.73. The molecule has 1 aromatic heterocycles. The van der Waals surface area contributed by atoms with Crippen molar-refractivity contribution in [2.24, 2.45) is 0 Å². The molecule has 2 amide bonds. The van der Waals surface area contributed by atoms with Crippen LogP contribution >= 0.6 is 11.8 Å². The molecule has 5 nitrogen and oxygen atoms in total. The predicted molar refractivity (Wildman–Crippen MR) is 94.1 cm³/mol. The van der Waals surface area contributed by atoms with Crippen LogP contribution in [0.4, 0.5) is 5.69 Å². The van der Waals surface area contributed by atoms with E-state index in [0.29, 0.717) is 16.8 Å². The van der Waals surface area contributed by atoms with Crippen LogP contribution in [0.3, 0.4) is 0 Å². The smallest absolute Gasteiger partial charge is 0.247 e. The van der Waals surface area contributed by atoms with Crippen LogP contribution < -0.4 is 4.90 Å². The number of nitrogens with zero attached hydrogens (tertiary/aromatic N) is 3. The number of imide groups is 1. The van der Waals surface area contributed by atoms with Crippen molar-refractivity contribution in [3.63, 3.8) is 0 Å². The zero-order valence-corrected chi connectivity index (χ0v) is 14.7. The lowest BCUT2D eigenvalue weighted by atomic mass is 10.0. The minimum absolute atomic E-state index is 0.173. The third-order valence-electron chi connectivity index (χ3n) is 3.94. The Bertz CT molecular complexity index is 774. The van der Waals surface area contributed by atoms with Crippen molar-refractivity contribution in [1.82, 2.24) is 9.97 Å². The molecule has 1 atom stereocenters. The van der Waals surface area contributed by atoms with E-state index >= 15 is 0 Å². The Morgan fingerprint density at radius 1 is 1.17 bits per heavy atom. The molecule has 1 aliphatic rings. The summed E-state index contributed by atoms with van der Waals surface area (Å²) >= 11 is 1.25. The summed E-state index contributed by atoms with van der Waals surface area (Å²) in [5.41, 5.74) is 2.64. The van der Waals surface area contributed by atoms with Gasteiger partial charge in [0.15, 0.2) is 5.16 Å². The third kappa shape index (κ3) is 3.33. The van der Waals surface area contributed by atoms with Crippen molar-refractivity contribution in [1.29, 1.82) is 0 Å². The second-order valence-corrected chi connectivity index (χ2v) is 7.27. The first-order valence-electron chi connectivity index (χ1n) is 7.89. The number of hydrogen-bond donors (Lipinski definition) is 0. The molecule has 2 aromatic rings. The summed E-state index contributed by atoms with van der Waals surface area (Å²) in [4.78, 5) is 34.7. The quantitative estimate of drug-likeness (QED) is 0.630. The van der Waals surface area contributed by atoms with Crippen LogP contribution in [0.15, 0.2) is 41.7 Å². The van der Waals surface area contributed by atoms with Crippen molar-refractivity contribution < 1.29 is 9.59 Å². The summed E-state index contributed by atoms with van der Waals surface area (Å²) < 4.78 is 0. The summed E-state index contributed by atoms with van der Waals surface area (Å²) in [6.07, 6.45) is 1.83. The number of rotatable bonds is 4. The molecule has 0 unspecified atom stereocenters. The van der Waals surface area contributed by atoms with Gasteiger partial charge in [-0.1, -0.05) is 37.7 Å². The molecule has 1 fully saturated rings. The van der Waals surface area contributed by atoms with E-state index in [1.54, 1.807) is 12.3 Å².